The molecule has 1 aliphatic carbocycles. The summed E-state index contributed by atoms with van der Waals surface area (Å²) in [5.74, 6) is -0.693. The number of carboxylic acid groups (broad SMARTS) is 1. The van der Waals surface area contributed by atoms with Gasteiger partial charge in [0.2, 0.25) is 0 Å². The fraction of sp³-hybridized carbons (Fsp3) is 0.900. The summed E-state index contributed by atoms with van der Waals surface area (Å²) in [5, 5.41) is 9.12. The zero-order valence-corrected chi connectivity index (χ0v) is 9.33. The van der Waals surface area contributed by atoms with Gasteiger partial charge in [-0.1, -0.05) is 0 Å². The molecule has 0 bridgehead atoms. The van der Waals surface area contributed by atoms with Crippen molar-refractivity contribution in [1.82, 2.24) is 4.90 Å². The lowest BCUT2D eigenvalue weighted by Crippen LogP contribution is -2.50. The molecule has 80 valence electrons. The zero-order chi connectivity index (χ0) is 10.3. The molecule has 1 saturated heterocycles. The molecular formula is C10H17NO2S. The summed E-state index contributed by atoms with van der Waals surface area (Å²) in [6.07, 6.45) is 4.42. The van der Waals surface area contributed by atoms with Crippen LogP contribution in [-0.4, -0.2) is 33.9 Å². The second kappa shape index (κ2) is 3.42. The number of hydrogen-bond acceptors (Lipinski definition) is 3. The maximum Gasteiger partial charge on any atom is 0.320 e. The highest BCUT2D eigenvalue weighted by Crippen LogP contribution is 2.53. The molecule has 0 radical (unpaired) electrons. The van der Waals surface area contributed by atoms with Gasteiger partial charge in [0.15, 0.2) is 0 Å². The van der Waals surface area contributed by atoms with Gasteiger partial charge in [0, 0.05) is 6.54 Å². The summed E-state index contributed by atoms with van der Waals surface area (Å²) < 4.78 is 0. The molecule has 14 heavy (non-hydrogen) atoms. The summed E-state index contributed by atoms with van der Waals surface area (Å²) in [6.45, 7) is 2.88. The molecule has 0 aromatic heterocycles. The summed E-state index contributed by atoms with van der Waals surface area (Å²) in [5.41, 5.74) is 0.461. The molecular weight excluding hydrogens is 198 g/mol. The number of carbonyl (C=O) groups is 1. The lowest BCUT2D eigenvalue weighted by molar-refractivity contribution is -0.145. The SMILES string of the molecule is CC(S)N1CC2(CC[C@H]1C(=O)O)CC2. The van der Waals surface area contributed by atoms with Crippen molar-refractivity contribution in [2.45, 2.75) is 44.0 Å². The van der Waals surface area contributed by atoms with Crippen LogP contribution in [0.3, 0.4) is 0 Å². The van der Waals surface area contributed by atoms with Crippen LogP contribution >= 0.6 is 12.6 Å². The number of piperidine rings is 1. The molecule has 1 saturated carbocycles. The van der Waals surface area contributed by atoms with Gasteiger partial charge in [-0.15, -0.1) is 0 Å². The number of rotatable bonds is 2. The number of carboxylic acids is 1. The van der Waals surface area contributed by atoms with Gasteiger partial charge in [0.25, 0.3) is 0 Å². The lowest BCUT2D eigenvalue weighted by atomic mass is 9.90. The second-order valence-corrected chi connectivity index (χ2v) is 5.44. The summed E-state index contributed by atoms with van der Waals surface area (Å²) >= 11 is 4.36. The normalized spacial score (nSPS) is 32.9. The summed E-state index contributed by atoms with van der Waals surface area (Å²) in [4.78, 5) is 13.1. The quantitative estimate of drug-likeness (QED) is 0.687. The topological polar surface area (TPSA) is 40.5 Å². The van der Waals surface area contributed by atoms with E-state index in [2.05, 4.69) is 12.6 Å². The van der Waals surface area contributed by atoms with Gasteiger partial charge in [-0.3, -0.25) is 9.69 Å². The van der Waals surface area contributed by atoms with E-state index in [0.717, 1.165) is 19.4 Å². The minimum absolute atomic E-state index is 0.0499. The van der Waals surface area contributed by atoms with Gasteiger partial charge in [0.05, 0.1) is 5.37 Å². The number of aliphatic carboxylic acids is 1. The Morgan fingerprint density at radius 2 is 2.21 bits per heavy atom. The van der Waals surface area contributed by atoms with Crippen LogP contribution in [0.5, 0.6) is 0 Å². The van der Waals surface area contributed by atoms with E-state index in [-0.39, 0.29) is 11.4 Å². The molecule has 1 aliphatic heterocycles. The predicted octanol–water partition coefficient (Wildman–Crippen LogP) is 1.59. The third kappa shape index (κ3) is 1.77. The second-order valence-electron chi connectivity index (χ2n) is 4.70. The maximum absolute atomic E-state index is 11.0. The fourth-order valence-electron chi connectivity index (χ4n) is 2.43. The van der Waals surface area contributed by atoms with Crippen LogP contribution < -0.4 is 0 Å². The van der Waals surface area contributed by atoms with E-state index < -0.39 is 5.97 Å². The third-order valence-electron chi connectivity index (χ3n) is 3.59. The van der Waals surface area contributed by atoms with Gasteiger partial charge in [0.1, 0.15) is 6.04 Å². The molecule has 2 rings (SSSR count). The average Bonchev–Trinajstić information content (AvgIpc) is 2.84. The van der Waals surface area contributed by atoms with Crippen molar-refractivity contribution in [2.24, 2.45) is 5.41 Å². The Bertz CT molecular complexity index is 251. The van der Waals surface area contributed by atoms with E-state index in [1.807, 2.05) is 11.8 Å². The molecule has 2 aliphatic rings. The highest BCUT2D eigenvalue weighted by atomic mass is 32.1. The summed E-state index contributed by atoms with van der Waals surface area (Å²) in [7, 11) is 0. The highest BCUT2D eigenvalue weighted by Gasteiger charge is 2.49. The minimum Gasteiger partial charge on any atom is -0.480 e. The smallest absolute Gasteiger partial charge is 0.320 e. The molecule has 3 nitrogen and oxygen atoms in total. The molecule has 1 N–H and O–H groups in total. The van der Waals surface area contributed by atoms with Gasteiger partial charge >= 0.3 is 5.97 Å². The van der Waals surface area contributed by atoms with Crippen LogP contribution in [0.15, 0.2) is 0 Å². The molecule has 0 aromatic rings. The first-order chi connectivity index (χ1) is 6.54. The molecule has 4 heteroatoms. The van der Waals surface area contributed by atoms with E-state index in [9.17, 15) is 4.79 Å². The maximum atomic E-state index is 11.0. The van der Waals surface area contributed by atoms with Crippen LogP contribution in [0.4, 0.5) is 0 Å². The van der Waals surface area contributed by atoms with Crippen LogP contribution in [-0.2, 0) is 4.79 Å². The van der Waals surface area contributed by atoms with E-state index in [4.69, 9.17) is 5.11 Å². The Morgan fingerprint density at radius 3 is 2.64 bits per heavy atom. The Hall–Kier alpha value is -0.220. The Kier molecular flexibility index (Phi) is 2.52. The van der Waals surface area contributed by atoms with Gasteiger partial charge in [-0.25, -0.2) is 0 Å². The van der Waals surface area contributed by atoms with Crippen molar-refractivity contribution in [3.63, 3.8) is 0 Å². The van der Waals surface area contributed by atoms with Gasteiger partial charge in [-0.05, 0) is 38.0 Å². The molecule has 0 aromatic carbocycles. The van der Waals surface area contributed by atoms with Crippen molar-refractivity contribution >= 4 is 18.6 Å². The van der Waals surface area contributed by atoms with Gasteiger partial charge < -0.3 is 5.11 Å². The molecule has 1 heterocycles. The van der Waals surface area contributed by atoms with Crippen molar-refractivity contribution in [3.05, 3.63) is 0 Å². The Morgan fingerprint density at radius 1 is 1.57 bits per heavy atom. The van der Waals surface area contributed by atoms with Crippen LogP contribution in [0, 0.1) is 5.41 Å². The molecule has 2 fully saturated rings. The first-order valence-corrected chi connectivity index (χ1v) is 5.72. The minimum atomic E-state index is -0.693. The molecule has 1 unspecified atom stereocenters. The Labute approximate surface area is 89.9 Å². The van der Waals surface area contributed by atoms with Crippen LogP contribution in [0.25, 0.3) is 0 Å². The average molecular weight is 215 g/mol. The molecule has 0 amide bonds. The first kappa shape index (κ1) is 10.3. The Balaban J connectivity index is 2.08. The molecule has 1 spiro atoms. The number of nitrogens with zero attached hydrogens (tertiary/aromatic N) is 1. The highest BCUT2D eigenvalue weighted by molar-refractivity contribution is 7.80. The largest absolute Gasteiger partial charge is 0.480 e. The van der Waals surface area contributed by atoms with E-state index in [1.54, 1.807) is 0 Å². The van der Waals surface area contributed by atoms with Gasteiger partial charge in [-0.2, -0.15) is 12.6 Å². The summed E-state index contributed by atoms with van der Waals surface area (Å²) in [6, 6.07) is -0.311. The van der Waals surface area contributed by atoms with Crippen molar-refractivity contribution in [1.29, 1.82) is 0 Å². The lowest BCUT2D eigenvalue weighted by Gasteiger charge is -2.39. The number of thiol groups is 1. The standard InChI is InChI=1S/C10H17NO2S/c1-7(14)11-6-10(4-5-10)3-2-8(11)9(12)13/h7-8,14H,2-6H2,1H3,(H,12,13)/t7?,8-/m0/s1. The number of hydrogen-bond donors (Lipinski definition) is 2. The first-order valence-electron chi connectivity index (χ1n) is 5.21. The van der Waals surface area contributed by atoms with E-state index in [0.29, 0.717) is 5.41 Å². The van der Waals surface area contributed by atoms with Crippen LogP contribution in [0.1, 0.15) is 32.6 Å². The fourth-order valence-corrected chi connectivity index (χ4v) is 2.67. The van der Waals surface area contributed by atoms with E-state index >= 15 is 0 Å². The molecule has 2 atom stereocenters. The van der Waals surface area contributed by atoms with Crippen LogP contribution in [0.2, 0.25) is 0 Å². The monoisotopic (exact) mass is 215 g/mol. The van der Waals surface area contributed by atoms with Crippen molar-refractivity contribution < 1.29 is 9.90 Å². The zero-order valence-electron chi connectivity index (χ0n) is 8.44. The van der Waals surface area contributed by atoms with Crippen molar-refractivity contribution in [2.75, 3.05) is 6.54 Å². The predicted molar refractivity (Wildman–Crippen MR) is 57.5 cm³/mol. The van der Waals surface area contributed by atoms with Crippen molar-refractivity contribution in [3.8, 4) is 0 Å². The number of likely N-dealkylation sites (tertiary alicyclic amines) is 1. The van der Waals surface area contributed by atoms with E-state index in [1.165, 1.54) is 12.8 Å². The third-order valence-corrected chi connectivity index (χ3v) is 3.89.